The van der Waals surface area contributed by atoms with Gasteiger partial charge in [0.1, 0.15) is 0 Å². The van der Waals surface area contributed by atoms with Crippen molar-refractivity contribution in [1.82, 2.24) is 29.8 Å². The second kappa shape index (κ2) is 9.36. The van der Waals surface area contributed by atoms with Gasteiger partial charge in [-0.25, -0.2) is 9.50 Å². The van der Waals surface area contributed by atoms with Gasteiger partial charge in [0.15, 0.2) is 0 Å². The van der Waals surface area contributed by atoms with E-state index in [1.165, 1.54) is 22.9 Å². The van der Waals surface area contributed by atoms with Gasteiger partial charge in [-0.15, -0.1) is 5.10 Å². The molecule has 0 atom stereocenters. The van der Waals surface area contributed by atoms with Crippen LogP contribution in [0.25, 0.3) is 5.78 Å². The number of likely N-dealkylation sites (tertiary alicyclic amines) is 1. The van der Waals surface area contributed by atoms with Crippen molar-refractivity contribution in [2.24, 2.45) is 0 Å². The number of rotatable bonds is 6. The van der Waals surface area contributed by atoms with Gasteiger partial charge in [-0.05, 0) is 45.4 Å². The minimum Gasteiger partial charge on any atom is -0.353 e. The van der Waals surface area contributed by atoms with E-state index in [9.17, 15) is 4.79 Å². The predicted octanol–water partition coefficient (Wildman–Crippen LogP) is 3.09. The molecule has 0 unspecified atom stereocenters. The Balaban J connectivity index is 1.33. The van der Waals surface area contributed by atoms with Crippen LogP contribution in [0.2, 0.25) is 0 Å². The van der Waals surface area contributed by atoms with Gasteiger partial charge >= 0.3 is 0 Å². The molecule has 2 aromatic heterocycles. The van der Waals surface area contributed by atoms with Crippen molar-refractivity contribution in [3.8, 4) is 0 Å². The largest absolute Gasteiger partial charge is 0.353 e. The van der Waals surface area contributed by atoms with Crippen molar-refractivity contribution in [2.45, 2.75) is 57.8 Å². The maximum Gasteiger partial charge on any atom is 0.253 e. The SMILES string of the molecule is CSc1nc2nc(C)c(CC(=O)NC3CCN(Cc4cccc(C)c4)CC3)c(C)n2n1. The molecule has 1 amide bonds. The zero-order valence-electron chi connectivity index (χ0n) is 18.7. The van der Waals surface area contributed by atoms with Crippen LogP contribution < -0.4 is 5.32 Å². The van der Waals surface area contributed by atoms with Crippen LogP contribution in [0, 0.1) is 20.8 Å². The molecule has 3 heterocycles. The zero-order chi connectivity index (χ0) is 22.0. The van der Waals surface area contributed by atoms with Crippen LogP contribution in [0.4, 0.5) is 0 Å². The Bertz CT molecular complexity index is 1090. The van der Waals surface area contributed by atoms with Crippen LogP contribution in [-0.2, 0) is 17.8 Å². The molecule has 0 bridgehead atoms. The molecule has 3 aromatic rings. The first-order valence-corrected chi connectivity index (χ1v) is 12.0. The minimum atomic E-state index is 0.0506. The molecule has 7 nitrogen and oxygen atoms in total. The summed E-state index contributed by atoms with van der Waals surface area (Å²) in [6.45, 7) is 9.02. The van der Waals surface area contributed by atoms with Gasteiger partial charge < -0.3 is 5.32 Å². The third-order valence-electron chi connectivity index (χ3n) is 5.99. The maximum absolute atomic E-state index is 12.8. The van der Waals surface area contributed by atoms with E-state index in [0.717, 1.165) is 49.4 Å². The molecule has 164 valence electrons. The average molecular weight is 439 g/mol. The topological polar surface area (TPSA) is 75.4 Å². The number of aromatic nitrogens is 4. The summed E-state index contributed by atoms with van der Waals surface area (Å²) in [5.41, 5.74) is 5.36. The molecule has 31 heavy (non-hydrogen) atoms. The van der Waals surface area contributed by atoms with E-state index >= 15 is 0 Å². The summed E-state index contributed by atoms with van der Waals surface area (Å²) in [4.78, 5) is 24.2. The Labute approximate surface area is 187 Å². The van der Waals surface area contributed by atoms with Crippen molar-refractivity contribution in [3.05, 3.63) is 52.3 Å². The number of benzene rings is 1. The fraction of sp³-hybridized carbons (Fsp3) is 0.478. The zero-order valence-corrected chi connectivity index (χ0v) is 19.5. The lowest BCUT2D eigenvalue weighted by atomic mass is 10.0. The molecule has 4 rings (SSSR count). The Morgan fingerprint density at radius 3 is 2.68 bits per heavy atom. The van der Waals surface area contributed by atoms with Gasteiger partial charge in [-0.2, -0.15) is 4.98 Å². The second-order valence-corrected chi connectivity index (χ2v) is 9.13. The van der Waals surface area contributed by atoms with Crippen molar-refractivity contribution in [2.75, 3.05) is 19.3 Å². The van der Waals surface area contributed by atoms with E-state index in [1.807, 2.05) is 20.1 Å². The summed E-state index contributed by atoms with van der Waals surface area (Å²) in [6.07, 6.45) is 4.22. The minimum absolute atomic E-state index is 0.0506. The van der Waals surface area contributed by atoms with E-state index < -0.39 is 0 Å². The standard InChI is InChI=1S/C23H30N6OS/c1-15-6-5-7-18(12-15)14-28-10-8-19(9-11-28)25-21(30)13-20-16(2)24-22-26-23(31-4)27-29(22)17(20)3/h5-7,12,19H,8-11,13-14H2,1-4H3,(H,25,30). The van der Waals surface area contributed by atoms with E-state index in [4.69, 9.17) is 0 Å². The first-order chi connectivity index (χ1) is 14.9. The van der Waals surface area contributed by atoms with Crippen LogP contribution in [0.5, 0.6) is 0 Å². The highest BCUT2D eigenvalue weighted by molar-refractivity contribution is 7.98. The summed E-state index contributed by atoms with van der Waals surface area (Å²) in [7, 11) is 0. The second-order valence-electron chi connectivity index (χ2n) is 8.36. The monoisotopic (exact) mass is 438 g/mol. The summed E-state index contributed by atoms with van der Waals surface area (Å²) in [6, 6.07) is 8.92. The number of nitrogens with one attached hydrogen (secondary N) is 1. The van der Waals surface area contributed by atoms with Crippen molar-refractivity contribution in [3.63, 3.8) is 0 Å². The number of aryl methyl sites for hydroxylation is 3. The predicted molar refractivity (Wildman–Crippen MR) is 123 cm³/mol. The number of carbonyl (C=O) groups is 1. The molecular weight excluding hydrogens is 408 g/mol. The highest BCUT2D eigenvalue weighted by Gasteiger charge is 2.22. The normalized spacial score (nSPS) is 15.5. The molecule has 1 saturated heterocycles. The van der Waals surface area contributed by atoms with Crippen LogP contribution >= 0.6 is 11.8 Å². The molecule has 0 spiro atoms. The maximum atomic E-state index is 12.8. The summed E-state index contributed by atoms with van der Waals surface area (Å²) in [5.74, 6) is 0.638. The lowest BCUT2D eigenvalue weighted by Gasteiger charge is -2.32. The van der Waals surface area contributed by atoms with Crippen LogP contribution in [0.3, 0.4) is 0 Å². The third kappa shape index (κ3) is 5.07. The molecule has 1 fully saturated rings. The summed E-state index contributed by atoms with van der Waals surface area (Å²) < 4.78 is 1.74. The molecule has 0 saturated carbocycles. The molecule has 1 aliphatic heterocycles. The number of thioether (sulfide) groups is 1. The Kier molecular flexibility index (Phi) is 6.57. The van der Waals surface area contributed by atoms with Gasteiger partial charge in [0.2, 0.25) is 11.1 Å². The number of carbonyl (C=O) groups excluding carboxylic acids is 1. The van der Waals surface area contributed by atoms with Crippen LogP contribution in [-0.4, -0.2) is 55.8 Å². The number of nitrogens with zero attached hydrogens (tertiary/aromatic N) is 5. The number of piperidine rings is 1. The van der Waals surface area contributed by atoms with Crippen LogP contribution in [0.15, 0.2) is 29.4 Å². The number of hydrogen-bond donors (Lipinski definition) is 1. The fourth-order valence-electron chi connectivity index (χ4n) is 4.28. The van der Waals surface area contributed by atoms with Crippen LogP contribution in [0.1, 0.15) is 40.9 Å². The fourth-order valence-corrected chi connectivity index (χ4v) is 4.61. The van der Waals surface area contributed by atoms with E-state index in [1.54, 1.807) is 4.52 Å². The van der Waals surface area contributed by atoms with Crippen molar-refractivity contribution >= 4 is 23.4 Å². The summed E-state index contributed by atoms with van der Waals surface area (Å²) >= 11 is 1.49. The highest BCUT2D eigenvalue weighted by Crippen LogP contribution is 2.18. The van der Waals surface area contributed by atoms with Crippen molar-refractivity contribution in [1.29, 1.82) is 0 Å². The van der Waals surface area contributed by atoms with Gasteiger partial charge in [-0.1, -0.05) is 41.6 Å². The number of amides is 1. The number of hydrogen-bond acceptors (Lipinski definition) is 6. The Morgan fingerprint density at radius 1 is 1.19 bits per heavy atom. The Morgan fingerprint density at radius 2 is 1.97 bits per heavy atom. The van der Waals surface area contributed by atoms with Gasteiger partial charge in [0, 0.05) is 42.6 Å². The van der Waals surface area contributed by atoms with E-state index in [2.05, 4.69) is 56.5 Å². The molecule has 1 N–H and O–H groups in total. The third-order valence-corrected chi connectivity index (χ3v) is 6.53. The first-order valence-electron chi connectivity index (χ1n) is 10.8. The molecule has 0 radical (unpaired) electrons. The van der Waals surface area contributed by atoms with Gasteiger partial charge in [0.25, 0.3) is 5.78 Å². The van der Waals surface area contributed by atoms with E-state index in [0.29, 0.717) is 17.4 Å². The lowest BCUT2D eigenvalue weighted by Crippen LogP contribution is -2.44. The van der Waals surface area contributed by atoms with Crippen molar-refractivity contribution < 1.29 is 4.79 Å². The lowest BCUT2D eigenvalue weighted by molar-refractivity contribution is -0.121. The summed E-state index contributed by atoms with van der Waals surface area (Å²) in [5, 5.41) is 8.40. The highest BCUT2D eigenvalue weighted by atomic mass is 32.2. The molecule has 8 heteroatoms. The smallest absolute Gasteiger partial charge is 0.253 e. The van der Waals surface area contributed by atoms with Gasteiger partial charge in [0.05, 0.1) is 6.42 Å². The first kappa shape index (κ1) is 21.8. The quantitative estimate of drug-likeness (QED) is 0.596. The molecule has 0 aliphatic carbocycles. The number of fused-ring (bicyclic) bond motifs is 1. The average Bonchev–Trinajstić information content (AvgIpc) is 3.16. The van der Waals surface area contributed by atoms with Gasteiger partial charge in [-0.3, -0.25) is 9.69 Å². The Hall–Kier alpha value is -2.45. The van der Waals surface area contributed by atoms with E-state index in [-0.39, 0.29) is 11.9 Å². The molecule has 1 aromatic carbocycles. The molecule has 1 aliphatic rings. The molecular formula is C23H30N6OS.